The number of hydrogen-bond acceptors (Lipinski definition) is 4. The van der Waals surface area contributed by atoms with Gasteiger partial charge in [-0.2, -0.15) is 0 Å². The molecule has 0 N–H and O–H groups in total. The fraction of sp³-hybridized carbons (Fsp3) is 0.615. The van der Waals surface area contributed by atoms with Gasteiger partial charge >= 0.3 is 0 Å². The molecule has 0 spiro atoms. The summed E-state index contributed by atoms with van der Waals surface area (Å²) in [7, 11) is -0.483. The Morgan fingerprint density at radius 2 is 1.80 bits per heavy atom. The molecule has 0 saturated carbocycles. The van der Waals surface area contributed by atoms with E-state index in [-0.39, 0.29) is 0 Å². The molecule has 0 aromatic carbocycles. The molecular weight excluding hydrogens is 282 g/mol. The van der Waals surface area contributed by atoms with Gasteiger partial charge in [-0.1, -0.05) is 32.2 Å². The molecule has 0 aliphatic carbocycles. The van der Waals surface area contributed by atoms with Gasteiger partial charge in [0.1, 0.15) is 17.8 Å². The number of aromatic nitrogens is 4. The van der Waals surface area contributed by atoms with E-state index in [1.54, 1.807) is 6.33 Å². The van der Waals surface area contributed by atoms with Crippen LogP contribution in [-0.2, 0) is 7.05 Å². The lowest BCUT2D eigenvalue weighted by Gasteiger charge is -2.49. The Balaban J connectivity index is 2.13. The third-order valence-electron chi connectivity index (χ3n) is 4.46. The average molecular weight is 306 g/mol. The van der Waals surface area contributed by atoms with E-state index in [2.05, 4.69) is 57.3 Å². The van der Waals surface area contributed by atoms with Gasteiger partial charge in [-0.15, -0.1) is 0 Å². The molecule has 0 aromatic rings. The van der Waals surface area contributed by atoms with Crippen LogP contribution in [0, 0.1) is 0 Å². The Hall–Kier alpha value is -1.22. The minimum atomic E-state index is -1.42. The first kappa shape index (κ1) is 13.8. The average Bonchev–Trinajstić information content (AvgIpc) is 2.81. The van der Waals surface area contributed by atoms with Gasteiger partial charge in [0.25, 0.3) is 0 Å². The molecular formula is C13H23N5Si2. The van der Waals surface area contributed by atoms with Crippen molar-refractivity contribution in [1.29, 1.82) is 0 Å². The van der Waals surface area contributed by atoms with Gasteiger partial charge < -0.3 is 9.13 Å². The van der Waals surface area contributed by atoms with Crippen molar-refractivity contribution in [3.05, 3.63) is 12.7 Å². The highest BCUT2D eigenvalue weighted by molar-refractivity contribution is 6.90. The fourth-order valence-electron chi connectivity index (χ4n) is 3.06. The Bertz CT molecular complexity index is 607. The van der Waals surface area contributed by atoms with Crippen molar-refractivity contribution in [1.82, 2.24) is 19.5 Å². The normalized spacial score (nSPS) is 21.4. The monoisotopic (exact) mass is 305 g/mol. The quantitative estimate of drug-likeness (QED) is 0.760. The highest BCUT2D eigenvalue weighted by atomic mass is 28.3. The molecule has 5 nitrogen and oxygen atoms in total. The number of rotatable bonds is 1. The van der Waals surface area contributed by atoms with Gasteiger partial charge in [-0.05, 0) is 6.04 Å². The van der Waals surface area contributed by atoms with E-state index >= 15 is 0 Å². The summed E-state index contributed by atoms with van der Waals surface area (Å²) < 4.78 is 4.81. The summed E-state index contributed by atoms with van der Waals surface area (Å²) in [5.41, 5.74) is 0.960. The zero-order valence-corrected chi connectivity index (χ0v) is 15.0. The van der Waals surface area contributed by atoms with E-state index in [1.165, 1.54) is 24.1 Å². The Morgan fingerprint density at radius 3 is 2.55 bits per heavy atom. The molecule has 108 valence electrons. The van der Waals surface area contributed by atoms with Crippen LogP contribution in [0.25, 0.3) is 11.5 Å². The SMILES string of the molecule is Cn1cnc2ncnc-2c1N1C[Si](C)(C)CC[Si]1(C)C. The lowest BCUT2D eigenvalue weighted by atomic mass is 10.4. The molecule has 3 rings (SSSR count). The van der Waals surface area contributed by atoms with Crippen LogP contribution in [0.15, 0.2) is 12.7 Å². The summed E-state index contributed by atoms with van der Waals surface area (Å²) in [5.74, 6) is 2.00. The molecule has 0 amide bonds. The maximum atomic E-state index is 4.47. The second-order valence-corrected chi connectivity index (χ2v) is 17.1. The van der Waals surface area contributed by atoms with E-state index in [9.17, 15) is 0 Å². The number of hydrogen-bond donors (Lipinski definition) is 0. The molecule has 1 fully saturated rings. The van der Waals surface area contributed by atoms with Crippen LogP contribution in [0.3, 0.4) is 0 Å². The van der Waals surface area contributed by atoms with E-state index in [0.29, 0.717) is 0 Å². The van der Waals surface area contributed by atoms with Crippen LogP contribution in [0.4, 0.5) is 5.82 Å². The van der Waals surface area contributed by atoms with Crippen LogP contribution < -0.4 is 4.57 Å². The number of imidazole rings is 1. The predicted octanol–water partition coefficient (Wildman–Crippen LogP) is 2.59. The Morgan fingerprint density at radius 1 is 1.05 bits per heavy atom. The molecule has 0 atom stereocenters. The maximum Gasteiger partial charge on any atom is 0.184 e. The standard InChI is InChI=1S/C13H23N5Si2/c1-17-9-16-12-11(14-8-15-12)13(17)18-10-19(2,3)6-7-20(18,4)5/h8-9H,6-7,10H2,1-5H3. The van der Waals surface area contributed by atoms with Crippen molar-refractivity contribution in [2.24, 2.45) is 7.05 Å². The fourth-order valence-corrected chi connectivity index (χ4v) is 13.5. The molecule has 7 heteroatoms. The minimum absolute atomic E-state index is 0.771. The zero-order valence-electron chi connectivity index (χ0n) is 13.0. The van der Waals surface area contributed by atoms with Crippen LogP contribution in [0.2, 0.25) is 38.3 Å². The van der Waals surface area contributed by atoms with Gasteiger partial charge in [0.2, 0.25) is 0 Å². The molecule has 3 aliphatic rings. The highest BCUT2D eigenvalue weighted by Crippen LogP contribution is 2.38. The van der Waals surface area contributed by atoms with E-state index in [0.717, 1.165) is 11.5 Å². The molecule has 1 saturated heterocycles. The largest absolute Gasteiger partial charge is 0.385 e. The van der Waals surface area contributed by atoms with Crippen molar-refractivity contribution in [3.63, 3.8) is 0 Å². The summed E-state index contributed by atoms with van der Waals surface area (Å²) in [4.78, 5) is 13.1. The first-order valence-corrected chi connectivity index (χ1v) is 13.8. The van der Waals surface area contributed by atoms with Gasteiger partial charge in [-0.25, -0.2) is 15.0 Å². The van der Waals surface area contributed by atoms with Gasteiger partial charge in [0.05, 0.1) is 14.4 Å². The molecule has 0 aromatic heterocycles. The first-order valence-electron chi connectivity index (χ1n) is 7.20. The van der Waals surface area contributed by atoms with Crippen LogP contribution >= 0.6 is 0 Å². The number of fused-ring (bicyclic) bond motifs is 1. The summed E-state index contributed by atoms with van der Waals surface area (Å²) in [6, 6.07) is 2.83. The molecule has 20 heavy (non-hydrogen) atoms. The third-order valence-corrected chi connectivity index (χ3v) is 11.4. The van der Waals surface area contributed by atoms with Crippen molar-refractivity contribution < 1.29 is 0 Å². The molecule has 3 aliphatic heterocycles. The predicted molar refractivity (Wildman–Crippen MR) is 87.3 cm³/mol. The van der Waals surface area contributed by atoms with Crippen molar-refractivity contribution >= 4 is 22.1 Å². The lowest BCUT2D eigenvalue weighted by molar-refractivity contribution is 0.832. The van der Waals surface area contributed by atoms with Gasteiger partial charge in [0, 0.05) is 13.2 Å². The summed E-state index contributed by atoms with van der Waals surface area (Å²) >= 11 is 0. The Kier molecular flexibility index (Phi) is 3.02. The lowest BCUT2D eigenvalue weighted by Crippen LogP contribution is -2.61. The number of nitrogens with zero attached hydrogens (tertiary/aromatic N) is 5. The molecule has 0 radical (unpaired) electrons. The van der Waals surface area contributed by atoms with Gasteiger partial charge in [-0.3, -0.25) is 0 Å². The number of anilines is 1. The Labute approximate surface area is 122 Å². The van der Waals surface area contributed by atoms with Crippen molar-refractivity contribution in [2.45, 2.75) is 38.3 Å². The first-order chi connectivity index (χ1) is 9.30. The van der Waals surface area contributed by atoms with E-state index in [4.69, 9.17) is 0 Å². The van der Waals surface area contributed by atoms with Crippen LogP contribution in [-0.4, -0.2) is 42.0 Å². The summed E-state index contributed by atoms with van der Waals surface area (Å²) in [6.07, 6.45) is 4.73. The van der Waals surface area contributed by atoms with Crippen LogP contribution in [0.1, 0.15) is 0 Å². The number of aryl methyl sites for hydroxylation is 1. The zero-order chi connectivity index (χ0) is 14.5. The maximum absolute atomic E-state index is 4.47. The minimum Gasteiger partial charge on any atom is -0.385 e. The molecule has 3 heterocycles. The van der Waals surface area contributed by atoms with Crippen molar-refractivity contribution in [2.75, 3.05) is 10.7 Å². The summed E-state index contributed by atoms with van der Waals surface area (Å²) in [5, 5.41) is 0. The smallest absolute Gasteiger partial charge is 0.184 e. The third kappa shape index (κ3) is 2.18. The summed E-state index contributed by atoms with van der Waals surface area (Å²) in [6.45, 7) is 9.94. The molecule has 0 bridgehead atoms. The highest BCUT2D eigenvalue weighted by Gasteiger charge is 2.42. The van der Waals surface area contributed by atoms with Gasteiger partial charge in [0.15, 0.2) is 14.1 Å². The van der Waals surface area contributed by atoms with Crippen molar-refractivity contribution in [3.8, 4) is 11.5 Å². The second kappa shape index (κ2) is 4.39. The van der Waals surface area contributed by atoms with Crippen LogP contribution in [0.5, 0.6) is 0 Å². The van der Waals surface area contributed by atoms with E-state index < -0.39 is 16.3 Å². The van der Waals surface area contributed by atoms with E-state index in [1.807, 2.05) is 6.33 Å². The topological polar surface area (TPSA) is 46.8 Å². The molecule has 0 unspecified atom stereocenters. The second-order valence-electron chi connectivity index (χ2n) is 7.29.